The zero-order valence-corrected chi connectivity index (χ0v) is 18.4. The maximum absolute atomic E-state index is 11.5. The molecule has 2 aromatic carbocycles. The predicted octanol–water partition coefficient (Wildman–Crippen LogP) is 4.53. The van der Waals surface area contributed by atoms with Crippen molar-refractivity contribution in [3.63, 3.8) is 0 Å². The molecule has 0 aliphatic rings. The molecule has 0 saturated carbocycles. The van der Waals surface area contributed by atoms with E-state index in [1.165, 1.54) is 0 Å². The average molecular weight is 422 g/mol. The van der Waals surface area contributed by atoms with Gasteiger partial charge < -0.3 is 19.4 Å². The lowest BCUT2D eigenvalue weighted by atomic mass is 10.2. The van der Waals surface area contributed by atoms with Gasteiger partial charge >= 0.3 is 0 Å². The Morgan fingerprint density at radius 1 is 1.10 bits per heavy atom. The van der Waals surface area contributed by atoms with Crippen LogP contribution in [0.4, 0.5) is 0 Å². The van der Waals surface area contributed by atoms with Crippen LogP contribution in [0.2, 0.25) is 0 Å². The number of aromatic nitrogens is 2. The molecule has 3 aromatic rings. The summed E-state index contributed by atoms with van der Waals surface area (Å²) in [6, 6.07) is 15.8. The highest BCUT2D eigenvalue weighted by atomic mass is 16.5. The number of nitrogens with zero attached hydrogens (tertiary/aromatic N) is 2. The molecule has 0 bridgehead atoms. The Morgan fingerprint density at radius 2 is 1.90 bits per heavy atom. The van der Waals surface area contributed by atoms with Crippen LogP contribution in [-0.4, -0.2) is 35.7 Å². The highest BCUT2D eigenvalue weighted by Crippen LogP contribution is 2.20. The Bertz CT molecular complexity index is 1030. The van der Waals surface area contributed by atoms with Gasteiger partial charge in [-0.25, -0.2) is 4.98 Å². The number of amides is 1. The second-order valence-corrected chi connectivity index (χ2v) is 7.54. The number of para-hydroxylation sites is 2. The number of fused-ring (bicyclic) bond motifs is 1. The molecular formula is C25H31N3O3. The number of methoxy groups -OCH3 is 1. The summed E-state index contributed by atoms with van der Waals surface area (Å²) in [5.74, 6) is 2.58. The van der Waals surface area contributed by atoms with E-state index in [0.29, 0.717) is 18.7 Å². The molecule has 0 unspecified atom stereocenters. The summed E-state index contributed by atoms with van der Waals surface area (Å²) in [6.07, 6.45) is 3.88. The molecule has 0 atom stereocenters. The van der Waals surface area contributed by atoms with E-state index in [0.717, 1.165) is 60.6 Å². The van der Waals surface area contributed by atoms with Crippen molar-refractivity contribution in [1.82, 2.24) is 14.9 Å². The van der Waals surface area contributed by atoms with Gasteiger partial charge in [-0.1, -0.05) is 31.2 Å². The van der Waals surface area contributed by atoms with Crippen molar-refractivity contribution in [3.05, 3.63) is 66.5 Å². The van der Waals surface area contributed by atoms with Crippen molar-refractivity contribution in [2.45, 2.75) is 39.2 Å². The number of imidazole rings is 1. The molecule has 3 rings (SSSR count). The summed E-state index contributed by atoms with van der Waals surface area (Å²) >= 11 is 0. The summed E-state index contributed by atoms with van der Waals surface area (Å²) in [5.41, 5.74) is 2.68. The van der Waals surface area contributed by atoms with Crippen LogP contribution in [-0.2, 0) is 17.8 Å². The van der Waals surface area contributed by atoms with Crippen LogP contribution in [0.3, 0.4) is 0 Å². The Labute approximate surface area is 183 Å². The Kier molecular flexibility index (Phi) is 8.10. The van der Waals surface area contributed by atoms with E-state index in [4.69, 9.17) is 14.5 Å². The van der Waals surface area contributed by atoms with Gasteiger partial charge in [0.1, 0.15) is 23.9 Å². The van der Waals surface area contributed by atoms with E-state index in [1.807, 2.05) is 42.5 Å². The van der Waals surface area contributed by atoms with Crippen LogP contribution < -0.4 is 14.8 Å². The second-order valence-electron chi connectivity index (χ2n) is 7.54. The van der Waals surface area contributed by atoms with Crippen molar-refractivity contribution in [1.29, 1.82) is 0 Å². The van der Waals surface area contributed by atoms with E-state index >= 15 is 0 Å². The molecule has 0 aliphatic heterocycles. The fraction of sp³-hybridized carbons (Fsp3) is 0.360. The molecule has 1 aromatic heterocycles. The number of benzene rings is 2. The third-order valence-electron chi connectivity index (χ3n) is 5.11. The van der Waals surface area contributed by atoms with Crippen molar-refractivity contribution in [2.75, 3.05) is 20.3 Å². The van der Waals surface area contributed by atoms with Gasteiger partial charge in [0.25, 0.3) is 0 Å². The zero-order valence-electron chi connectivity index (χ0n) is 18.4. The monoisotopic (exact) mass is 421 g/mol. The molecule has 0 fully saturated rings. The Hall–Kier alpha value is -3.28. The number of carbonyl (C=O) groups is 1. The number of hydrogen-bond acceptors (Lipinski definition) is 4. The summed E-state index contributed by atoms with van der Waals surface area (Å²) in [4.78, 5) is 16.4. The van der Waals surface area contributed by atoms with E-state index < -0.39 is 0 Å². The van der Waals surface area contributed by atoms with Crippen LogP contribution in [0.25, 0.3) is 11.0 Å². The molecular weight excluding hydrogens is 390 g/mol. The molecule has 6 heteroatoms. The van der Waals surface area contributed by atoms with Crippen LogP contribution in [0, 0.1) is 0 Å². The van der Waals surface area contributed by atoms with Crippen LogP contribution in [0.5, 0.6) is 11.5 Å². The third kappa shape index (κ3) is 6.35. The van der Waals surface area contributed by atoms with E-state index in [1.54, 1.807) is 14.0 Å². The molecule has 164 valence electrons. The molecule has 0 spiro atoms. The molecule has 1 N–H and O–H groups in total. The van der Waals surface area contributed by atoms with Crippen molar-refractivity contribution in [2.24, 2.45) is 0 Å². The number of ether oxygens (including phenoxy) is 2. The highest BCUT2D eigenvalue weighted by molar-refractivity contribution is 5.92. The average Bonchev–Trinajstić information content (AvgIpc) is 3.13. The molecule has 31 heavy (non-hydrogen) atoms. The first kappa shape index (κ1) is 22.4. The maximum Gasteiger partial charge on any atom is 0.246 e. The second kappa shape index (κ2) is 11.2. The minimum atomic E-state index is -0.0715. The van der Waals surface area contributed by atoms with Gasteiger partial charge in [-0.2, -0.15) is 0 Å². The molecule has 0 saturated heterocycles. The van der Waals surface area contributed by atoms with Crippen molar-refractivity contribution in [3.8, 4) is 11.5 Å². The van der Waals surface area contributed by atoms with E-state index in [2.05, 4.69) is 22.5 Å². The Balaban J connectivity index is 1.55. The lowest BCUT2D eigenvalue weighted by Gasteiger charge is -2.11. The predicted molar refractivity (Wildman–Crippen MR) is 124 cm³/mol. The smallest absolute Gasteiger partial charge is 0.246 e. The molecule has 1 heterocycles. The molecule has 0 radical (unpaired) electrons. The van der Waals surface area contributed by atoms with Crippen LogP contribution >= 0.6 is 0 Å². The highest BCUT2D eigenvalue weighted by Gasteiger charge is 2.10. The fourth-order valence-corrected chi connectivity index (χ4v) is 3.45. The minimum Gasteiger partial charge on any atom is -0.497 e. The van der Waals surface area contributed by atoms with Gasteiger partial charge in [0, 0.05) is 24.6 Å². The summed E-state index contributed by atoms with van der Waals surface area (Å²) in [7, 11) is 1.65. The standard InChI is InChI=1S/C25H31N3O3/c1-19(2)25(29)26-15-8-4-5-14-24-27-22-12-6-7-13-23(22)28(24)16-17-31-21-11-9-10-20(18-21)30-3/h6-7,9-13,18H,1,4-5,8,14-17H2,2-3H3,(H,26,29). The lowest BCUT2D eigenvalue weighted by molar-refractivity contribution is -0.117. The fourth-order valence-electron chi connectivity index (χ4n) is 3.45. The number of nitrogens with one attached hydrogen (secondary N) is 1. The number of unbranched alkanes of at least 4 members (excludes halogenated alkanes) is 2. The van der Waals surface area contributed by atoms with E-state index in [9.17, 15) is 4.79 Å². The first-order valence-corrected chi connectivity index (χ1v) is 10.7. The SMILES string of the molecule is C=C(C)C(=O)NCCCCCc1nc2ccccc2n1CCOc1cccc(OC)c1. The quantitative estimate of drug-likeness (QED) is 0.345. The topological polar surface area (TPSA) is 65.4 Å². The maximum atomic E-state index is 11.5. The van der Waals surface area contributed by atoms with Crippen molar-refractivity contribution < 1.29 is 14.3 Å². The number of aryl methyl sites for hydroxylation is 1. The number of hydrogen-bond donors (Lipinski definition) is 1. The largest absolute Gasteiger partial charge is 0.497 e. The molecule has 0 aliphatic carbocycles. The van der Waals surface area contributed by atoms with Gasteiger partial charge in [-0.05, 0) is 44.0 Å². The first-order chi connectivity index (χ1) is 15.1. The third-order valence-corrected chi connectivity index (χ3v) is 5.11. The summed E-state index contributed by atoms with van der Waals surface area (Å²) < 4.78 is 13.5. The van der Waals surface area contributed by atoms with Crippen molar-refractivity contribution >= 4 is 16.9 Å². The van der Waals surface area contributed by atoms with Gasteiger partial charge in [-0.15, -0.1) is 0 Å². The minimum absolute atomic E-state index is 0.0715. The van der Waals surface area contributed by atoms with Gasteiger partial charge in [-0.3, -0.25) is 4.79 Å². The molecule has 6 nitrogen and oxygen atoms in total. The molecule has 1 amide bonds. The zero-order chi connectivity index (χ0) is 22.1. The van der Waals surface area contributed by atoms with Gasteiger partial charge in [0.15, 0.2) is 0 Å². The van der Waals surface area contributed by atoms with Gasteiger partial charge in [0.2, 0.25) is 5.91 Å². The van der Waals surface area contributed by atoms with Gasteiger partial charge in [0.05, 0.1) is 24.7 Å². The Morgan fingerprint density at radius 3 is 2.71 bits per heavy atom. The van der Waals surface area contributed by atoms with E-state index in [-0.39, 0.29) is 5.91 Å². The number of rotatable bonds is 12. The number of carbonyl (C=O) groups excluding carboxylic acids is 1. The summed E-state index contributed by atoms with van der Waals surface area (Å²) in [6.45, 7) is 7.32. The first-order valence-electron chi connectivity index (χ1n) is 10.7. The summed E-state index contributed by atoms with van der Waals surface area (Å²) in [5, 5.41) is 2.88. The normalized spacial score (nSPS) is 10.8. The van der Waals surface area contributed by atoms with Crippen LogP contribution in [0.15, 0.2) is 60.7 Å². The van der Waals surface area contributed by atoms with Crippen LogP contribution in [0.1, 0.15) is 32.0 Å². The lowest BCUT2D eigenvalue weighted by Crippen LogP contribution is -2.24.